The van der Waals surface area contributed by atoms with Gasteiger partial charge in [0, 0.05) is 12.6 Å². The van der Waals surface area contributed by atoms with Crippen molar-refractivity contribution in [1.82, 2.24) is 4.98 Å². The number of aromatic nitrogens is 1. The van der Waals surface area contributed by atoms with Crippen molar-refractivity contribution >= 4 is 23.4 Å². The Kier molecular flexibility index (Phi) is 5.17. The van der Waals surface area contributed by atoms with Gasteiger partial charge in [0.15, 0.2) is 0 Å². The Hall–Kier alpha value is -2.71. The predicted octanol–water partition coefficient (Wildman–Crippen LogP) is 0.636. The minimum absolute atomic E-state index is 0.151. The molecular formula is C12H16N4O5. The Morgan fingerprint density at radius 1 is 1.52 bits per heavy atom. The molecule has 0 spiro atoms. The van der Waals surface area contributed by atoms with Gasteiger partial charge in [-0.2, -0.15) is 0 Å². The van der Waals surface area contributed by atoms with Crippen molar-refractivity contribution in [3.05, 3.63) is 27.9 Å². The standard InChI is InChI=1S/C12H16N4O5/c1-7(2)5-15(6-10(13)17)11-3-8(12(18)19)9(4-14-11)16(20)21/h3-4,7H,5-6H2,1-2H3,(H2,13,17)(H,18,19). The van der Waals surface area contributed by atoms with Gasteiger partial charge in [-0.05, 0) is 5.92 Å². The van der Waals surface area contributed by atoms with Crippen LogP contribution in [0.4, 0.5) is 11.5 Å². The van der Waals surface area contributed by atoms with Crippen molar-refractivity contribution in [3.8, 4) is 0 Å². The highest BCUT2D eigenvalue weighted by Gasteiger charge is 2.23. The minimum Gasteiger partial charge on any atom is -0.477 e. The maximum atomic E-state index is 11.1. The molecule has 0 unspecified atom stereocenters. The molecule has 0 bridgehead atoms. The van der Waals surface area contributed by atoms with Crippen molar-refractivity contribution in [2.45, 2.75) is 13.8 Å². The van der Waals surface area contributed by atoms with Crippen molar-refractivity contribution in [2.75, 3.05) is 18.0 Å². The Bertz CT molecular complexity index is 573. The third-order valence-corrected chi connectivity index (χ3v) is 2.55. The Labute approximate surface area is 120 Å². The maximum absolute atomic E-state index is 11.1. The summed E-state index contributed by atoms with van der Waals surface area (Å²) in [5, 5.41) is 19.8. The van der Waals surface area contributed by atoms with Gasteiger partial charge in [0.05, 0.1) is 11.5 Å². The summed E-state index contributed by atoms with van der Waals surface area (Å²) < 4.78 is 0. The number of primary amides is 1. The normalized spacial score (nSPS) is 10.4. The molecule has 1 heterocycles. The van der Waals surface area contributed by atoms with E-state index in [1.54, 1.807) is 0 Å². The largest absolute Gasteiger partial charge is 0.477 e. The lowest BCUT2D eigenvalue weighted by Gasteiger charge is -2.24. The van der Waals surface area contributed by atoms with Crippen LogP contribution in [-0.2, 0) is 4.79 Å². The third-order valence-electron chi connectivity index (χ3n) is 2.55. The number of carbonyl (C=O) groups excluding carboxylic acids is 1. The minimum atomic E-state index is -1.44. The van der Waals surface area contributed by atoms with Crippen LogP contribution in [0.1, 0.15) is 24.2 Å². The van der Waals surface area contributed by atoms with E-state index in [9.17, 15) is 19.7 Å². The number of pyridine rings is 1. The summed E-state index contributed by atoms with van der Waals surface area (Å²) in [7, 11) is 0. The molecule has 0 radical (unpaired) electrons. The highest BCUT2D eigenvalue weighted by atomic mass is 16.6. The number of carboxylic acid groups (broad SMARTS) is 1. The van der Waals surface area contributed by atoms with Crippen LogP contribution in [0.15, 0.2) is 12.3 Å². The second-order valence-electron chi connectivity index (χ2n) is 4.86. The van der Waals surface area contributed by atoms with Crippen LogP contribution in [0, 0.1) is 16.0 Å². The first kappa shape index (κ1) is 16.3. The lowest BCUT2D eigenvalue weighted by Crippen LogP contribution is -2.37. The number of aromatic carboxylic acids is 1. The third kappa shape index (κ3) is 4.41. The zero-order valence-electron chi connectivity index (χ0n) is 11.6. The molecule has 1 rings (SSSR count). The fourth-order valence-corrected chi connectivity index (χ4v) is 1.79. The summed E-state index contributed by atoms with van der Waals surface area (Å²) in [4.78, 5) is 37.5. The second-order valence-corrected chi connectivity index (χ2v) is 4.86. The summed E-state index contributed by atoms with van der Waals surface area (Å²) in [5.74, 6) is -1.72. The molecule has 1 aromatic heterocycles. The molecule has 0 aliphatic rings. The predicted molar refractivity (Wildman–Crippen MR) is 74.1 cm³/mol. The zero-order chi connectivity index (χ0) is 16.2. The van der Waals surface area contributed by atoms with E-state index in [0.717, 1.165) is 12.3 Å². The van der Waals surface area contributed by atoms with Crippen LogP contribution in [0.3, 0.4) is 0 Å². The van der Waals surface area contributed by atoms with Gasteiger partial charge in [-0.1, -0.05) is 13.8 Å². The van der Waals surface area contributed by atoms with E-state index in [2.05, 4.69) is 4.98 Å². The fourth-order valence-electron chi connectivity index (χ4n) is 1.79. The van der Waals surface area contributed by atoms with Gasteiger partial charge in [0.2, 0.25) is 5.91 Å². The van der Waals surface area contributed by atoms with Crippen molar-refractivity contribution < 1.29 is 19.6 Å². The van der Waals surface area contributed by atoms with E-state index < -0.39 is 28.1 Å². The van der Waals surface area contributed by atoms with Gasteiger partial charge in [-0.15, -0.1) is 0 Å². The van der Waals surface area contributed by atoms with Crippen LogP contribution >= 0.6 is 0 Å². The highest BCUT2D eigenvalue weighted by Crippen LogP contribution is 2.23. The zero-order valence-corrected chi connectivity index (χ0v) is 11.6. The molecule has 3 N–H and O–H groups in total. The average molecular weight is 296 g/mol. The highest BCUT2D eigenvalue weighted by molar-refractivity contribution is 5.93. The van der Waals surface area contributed by atoms with Gasteiger partial charge in [0.1, 0.15) is 17.6 Å². The van der Waals surface area contributed by atoms with Crippen LogP contribution in [0.5, 0.6) is 0 Å². The van der Waals surface area contributed by atoms with Crippen LogP contribution in [0.2, 0.25) is 0 Å². The van der Waals surface area contributed by atoms with Gasteiger partial charge >= 0.3 is 11.7 Å². The van der Waals surface area contributed by atoms with Crippen LogP contribution < -0.4 is 10.6 Å². The van der Waals surface area contributed by atoms with Crippen molar-refractivity contribution in [2.24, 2.45) is 11.7 Å². The molecule has 1 aromatic rings. The molecule has 0 atom stereocenters. The molecular weight excluding hydrogens is 280 g/mol. The number of hydrogen-bond acceptors (Lipinski definition) is 6. The topological polar surface area (TPSA) is 140 Å². The molecule has 21 heavy (non-hydrogen) atoms. The SMILES string of the molecule is CC(C)CN(CC(N)=O)c1cc(C(=O)O)c([N+](=O)[O-])cn1. The number of carboxylic acids is 1. The number of carbonyl (C=O) groups is 2. The van der Waals surface area contributed by atoms with Crippen LogP contribution in [0.25, 0.3) is 0 Å². The summed E-state index contributed by atoms with van der Waals surface area (Å²) in [6, 6.07) is 1.08. The van der Waals surface area contributed by atoms with Crippen molar-refractivity contribution in [1.29, 1.82) is 0 Å². The van der Waals surface area contributed by atoms with Gasteiger partial charge < -0.3 is 15.7 Å². The molecule has 9 heteroatoms. The molecule has 114 valence electrons. The number of amides is 1. The molecule has 0 aliphatic heterocycles. The molecule has 9 nitrogen and oxygen atoms in total. The Morgan fingerprint density at radius 3 is 2.57 bits per heavy atom. The number of nitrogens with zero attached hydrogens (tertiary/aromatic N) is 3. The van der Waals surface area contributed by atoms with Crippen molar-refractivity contribution in [3.63, 3.8) is 0 Å². The van der Waals surface area contributed by atoms with E-state index in [1.807, 2.05) is 13.8 Å². The first-order valence-electron chi connectivity index (χ1n) is 6.13. The summed E-state index contributed by atoms with van der Waals surface area (Å²) >= 11 is 0. The lowest BCUT2D eigenvalue weighted by molar-refractivity contribution is -0.385. The number of nitrogens with two attached hydrogens (primary N) is 1. The summed E-state index contributed by atoms with van der Waals surface area (Å²) in [5.41, 5.74) is 4.06. The second kappa shape index (κ2) is 6.64. The molecule has 0 saturated carbocycles. The maximum Gasteiger partial charge on any atom is 0.342 e. The van der Waals surface area contributed by atoms with E-state index in [4.69, 9.17) is 10.8 Å². The number of rotatable bonds is 7. The van der Waals surface area contributed by atoms with Gasteiger partial charge in [-0.25, -0.2) is 9.78 Å². The van der Waals surface area contributed by atoms with E-state index >= 15 is 0 Å². The lowest BCUT2D eigenvalue weighted by atomic mass is 10.2. The van der Waals surface area contributed by atoms with E-state index in [-0.39, 0.29) is 18.3 Å². The quantitative estimate of drug-likeness (QED) is 0.555. The number of nitro groups is 1. The molecule has 0 aromatic carbocycles. The smallest absolute Gasteiger partial charge is 0.342 e. The van der Waals surface area contributed by atoms with E-state index in [0.29, 0.717) is 6.54 Å². The average Bonchev–Trinajstić information content (AvgIpc) is 2.35. The first-order valence-corrected chi connectivity index (χ1v) is 6.13. The molecule has 0 saturated heterocycles. The van der Waals surface area contributed by atoms with Gasteiger partial charge in [-0.3, -0.25) is 14.9 Å². The van der Waals surface area contributed by atoms with E-state index in [1.165, 1.54) is 4.90 Å². The molecule has 0 aliphatic carbocycles. The monoisotopic (exact) mass is 296 g/mol. The summed E-state index contributed by atoms with van der Waals surface area (Å²) in [6.45, 7) is 4.06. The number of anilines is 1. The number of hydrogen-bond donors (Lipinski definition) is 2. The summed E-state index contributed by atoms with van der Waals surface area (Å²) in [6.07, 6.45) is 0.868. The molecule has 1 amide bonds. The fraction of sp³-hybridized carbons (Fsp3) is 0.417. The Balaban J connectivity index is 3.25. The molecule has 0 fully saturated rings. The van der Waals surface area contributed by atoms with Gasteiger partial charge in [0.25, 0.3) is 0 Å². The Morgan fingerprint density at radius 2 is 2.14 bits per heavy atom. The first-order chi connectivity index (χ1) is 9.72. The van der Waals surface area contributed by atoms with Crippen LogP contribution in [-0.4, -0.2) is 40.0 Å².